The summed E-state index contributed by atoms with van der Waals surface area (Å²) in [6.07, 6.45) is 10.5. The summed E-state index contributed by atoms with van der Waals surface area (Å²) in [5.41, 5.74) is 7.28. The zero-order chi connectivity index (χ0) is 9.60. The highest BCUT2D eigenvalue weighted by Crippen LogP contribution is 2.62. The molecule has 0 spiro atoms. The van der Waals surface area contributed by atoms with Crippen molar-refractivity contribution in [1.29, 1.82) is 0 Å². The molecule has 2 unspecified atom stereocenters. The SMILES string of the molecule is NC1(c2cnccn2)C2CCCCC21. The molecule has 74 valence electrons. The van der Waals surface area contributed by atoms with E-state index in [2.05, 4.69) is 9.97 Å². The quantitative estimate of drug-likeness (QED) is 0.727. The Bertz CT molecular complexity index is 324. The van der Waals surface area contributed by atoms with E-state index in [0.717, 1.165) is 5.69 Å². The zero-order valence-corrected chi connectivity index (χ0v) is 8.19. The van der Waals surface area contributed by atoms with E-state index in [1.807, 2.05) is 6.20 Å². The van der Waals surface area contributed by atoms with E-state index in [-0.39, 0.29) is 5.54 Å². The van der Waals surface area contributed by atoms with Crippen LogP contribution in [0.4, 0.5) is 0 Å². The molecule has 2 aliphatic rings. The first-order chi connectivity index (χ1) is 6.83. The number of nitrogens with zero attached hydrogens (tertiary/aromatic N) is 2. The van der Waals surface area contributed by atoms with Gasteiger partial charge in [0.2, 0.25) is 0 Å². The van der Waals surface area contributed by atoms with E-state index >= 15 is 0 Å². The molecule has 0 saturated heterocycles. The smallest absolute Gasteiger partial charge is 0.0791 e. The Morgan fingerprint density at radius 1 is 1.21 bits per heavy atom. The molecule has 14 heavy (non-hydrogen) atoms. The molecule has 0 aliphatic heterocycles. The third-order valence-electron chi connectivity index (χ3n) is 3.89. The Labute approximate surface area is 83.8 Å². The first-order valence-electron chi connectivity index (χ1n) is 5.39. The monoisotopic (exact) mass is 189 g/mol. The van der Waals surface area contributed by atoms with Gasteiger partial charge >= 0.3 is 0 Å². The van der Waals surface area contributed by atoms with E-state index in [0.29, 0.717) is 11.8 Å². The molecule has 1 aromatic heterocycles. The predicted octanol–water partition coefficient (Wildman–Crippen LogP) is 1.45. The van der Waals surface area contributed by atoms with Crippen LogP contribution in [-0.4, -0.2) is 9.97 Å². The van der Waals surface area contributed by atoms with Gasteiger partial charge in [-0.2, -0.15) is 0 Å². The number of hydrogen-bond acceptors (Lipinski definition) is 3. The summed E-state index contributed by atoms with van der Waals surface area (Å²) in [6, 6.07) is 0. The molecular weight excluding hydrogens is 174 g/mol. The number of rotatable bonds is 1. The van der Waals surface area contributed by atoms with Crippen LogP contribution >= 0.6 is 0 Å². The third-order valence-corrected chi connectivity index (χ3v) is 3.89. The van der Waals surface area contributed by atoms with Crippen LogP contribution in [0.3, 0.4) is 0 Å². The Hall–Kier alpha value is -0.960. The largest absolute Gasteiger partial charge is 0.320 e. The molecule has 0 amide bonds. The van der Waals surface area contributed by atoms with Crippen molar-refractivity contribution >= 4 is 0 Å². The maximum atomic E-state index is 6.41. The molecule has 3 rings (SSSR count). The molecule has 2 saturated carbocycles. The van der Waals surface area contributed by atoms with Gasteiger partial charge in [-0.05, 0) is 24.7 Å². The first-order valence-corrected chi connectivity index (χ1v) is 5.39. The first kappa shape index (κ1) is 8.36. The Balaban J connectivity index is 1.92. The minimum Gasteiger partial charge on any atom is -0.320 e. The van der Waals surface area contributed by atoms with Gasteiger partial charge in [-0.1, -0.05) is 12.8 Å². The van der Waals surface area contributed by atoms with Crippen molar-refractivity contribution in [2.24, 2.45) is 17.6 Å². The van der Waals surface area contributed by atoms with Gasteiger partial charge in [0, 0.05) is 12.4 Å². The lowest BCUT2D eigenvalue weighted by Crippen LogP contribution is -2.25. The van der Waals surface area contributed by atoms with Gasteiger partial charge in [0.15, 0.2) is 0 Å². The van der Waals surface area contributed by atoms with Gasteiger partial charge in [-0.25, -0.2) is 0 Å². The summed E-state index contributed by atoms with van der Waals surface area (Å²) in [5, 5.41) is 0. The Morgan fingerprint density at radius 2 is 1.93 bits per heavy atom. The summed E-state index contributed by atoms with van der Waals surface area (Å²) in [7, 11) is 0. The van der Waals surface area contributed by atoms with E-state index in [1.165, 1.54) is 25.7 Å². The minimum atomic E-state index is -0.134. The lowest BCUT2D eigenvalue weighted by atomic mass is 10.0. The van der Waals surface area contributed by atoms with Crippen LogP contribution in [0.15, 0.2) is 18.6 Å². The molecule has 2 N–H and O–H groups in total. The summed E-state index contributed by atoms with van der Waals surface area (Å²) in [4.78, 5) is 8.46. The molecule has 0 aromatic carbocycles. The fraction of sp³-hybridized carbons (Fsp3) is 0.636. The molecule has 3 heteroatoms. The van der Waals surface area contributed by atoms with Gasteiger partial charge in [0.05, 0.1) is 17.4 Å². The van der Waals surface area contributed by atoms with Gasteiger partial charge in [0.1, 0.15) is 0 Å². The van der Waals surface area contributed by atoms with E-state index in [9.17, 15) is 0 Å². The van der Waals surface area contributed by atoms with Crippen LogP contribution < -0.4 is 5.73 Å². The van der Waals surface area contributed by atoms with Gasteiger partial charge in [-0.3, -0.25) is 9.97 Å². The van der Waals surface area contributed by atoms with Crippen molar-refractivity contribution in [3.8, 4) is 0 Å². The van der Waals surface area contributed by atoms with Crippen LogP contribution in [0, 0.1) is 11.8 Å². The molecule has 1 heterocycles. The summed E-state index contributed by atoms with van der Waals surface area (Å²) >= 11 is 0. The molecule has 2 atom stereocenters. The maximum Gasteiger partial charge on any atom is 0.0791 e. The van der Waals surface area contributed by atoms with Crippen molar-refractivity contribution in [3.05, 3.63) is 24.3 Å². The summed E-state index contributed by atoms with van der Waals surface area (Å²) in [5.74, 6) is 1.35. The van der Waals surface area contributed by atoms with Gasteiger partial charge < -0.3 is 5.73 Å². The van der Waals surface area contributed by atoms with E-state index in [1.54, 1.807) is 12.4 Å². The van der Waals surface area contributed by atoms with Crippen molar-refractivity contribution < 1.29 is 0 Å². The van der Waals surface area contributed by atoms with Crippen molar-refractivity contribution in [1.82, 2.24) is 9.97 Å². The van der Waals surface area contributed by atoms with Crippen LogP contribution in [-0.2, 0) is 5.54 Å². The van der Waals surface area contributed by atoms with Crippen LogP contribution in [0.5, 0.6) is 0 Å². The van der Waals surface area contributed by atoms with Crippen molar-refractivity contribution in [2.75, 3.05) is 0 Å². The molecule has 1 aromatic rings. The third kappa shape index (κ3) is 0.960. The summed E-state index contributed by atoms with van der Waals surface area (Å²) in [6.45, 7) is 0. The molecule has 0 radical (unpaired) electrons. The van der Waals surface area contributed by atoms with Crippen LogP contribution in [0.25, 0.3) is 0 Å². The highest BCUT2D eigenvalue weighted by Gasteiger charge is 2.63. The maximum absolute atomic E-state index is 6.41. The molecule has 0 bridgehead atoms. The number of aromatic nitrogens is 2. The van der Waals surface area contributed by atoms with E-state index in [4.69, 9.17) is 5.73 Å². The van der Waals surface area contributed by atoms with Crippen LogP contribution in [0.2, 0.25) is 0 Å². The van der Waals surface area contributed by atoms with Gasteiger partial charge in [0.25, 0.3) is 0 Å². The normalized spacial score (nSPS) is 40.4. The fourth-order valence-corrected chi connectivity index (χ4v) is 3.07. The van der Waals surface area contributed by atoms with Crippen molar-refractivity contribution in [3.63, 3.8) is 0 Å². The zero-order valence-electron chi connectivity index (χ0n) is 8.19. The molecule has 2 fully saturated rings. The highest BCUT2D eigenvalue weighted by molar-refractivity contribution is 5.28. The van der Waals surface area contributed by atoms with Crippen molar-refractivity contribution in [2.45, 2.75) is 31.2 Å². The average molecular weight is 189 g/mol. The second-order valence-corrected chi connectivity index (χ2v) is 4.52. The average Bonchev–Trinajstić information content (AvgIpc) is 2.89. The molecular formula is C11H15N3. The highest BCUT2D eigenvalue weighted by atomic mass is 15.0. The number of hydrogen-bond donors (Lipinski definition) is 1. The number of fused-ring (bicyclic) bond motifs is 1. The standard InChI is InChI=1S/C11H15N3/c12-11(10-7-13-5-6-14-10)8-3-1-2-4-9(8)11/h5-9H,1-4,12H2. The minimum absolute atomic E-state index is 0.134. The predicted molar refractivity (Wildman–Crippen MR) is 53.3 cm³/mol. The Kier molecular flexibility index (Phi) is 1.65. The van der Waals surface area contributed by atoms with Gasteiger partial charge in [-0.15, -0.1) is 0 Å². The Morgan fingerprint density at radius 3 is 2.50 bits per heavy atom. The second-order valence-electron chi connectivity index (χ2n) is 4.52. The number of nitrogens with two attached hydrogens (primary N) is 1. The lowest BCUT2D eigenvalue weighted by molar-refractivity contribution is 0.480. The molecule has 3 nitrogen and oxygen atoms in total. The topological polar surface area (TPSA) is 51.8 Å². The van der Waals surface area contributed by atoms with Crippen LogP contribution in [0.1, 0.15) is 31.4 Å². The second kappa shape index (κ2) is 2.76. The van der Waals surface area contributed by atoms with E-state index < -0.39 is 0 Å². The fourth-order valence-electron chi connectivity index (χ4n) is 3.07. The molecule has 2 aliphatic carbocycles. The lowest BCUT2D eigenvalue weighted by Gasteiger charge is -2.09. The summed E-state index contributed by atoms with van der Waals surface area (Å²) < 4.78 is 0.